The molecule has 106 valence electrons. The zero-order chi connectivity index (χ0) is 14.5. The molecule has 0 saturated carbocycles. The summed E-state index contributed by atoms with van der Waals surface area (Å²) in [7, 11) is 0. The molecule has 2 aromatic rings. The van der Waals surface area contributed by atoms with Gasteiger partial charge in [-0.2, -0.15) is 9.97 Å². The van der Waals surface area contributed by atoms with Crippen molar-refractivity contribution in [2.75, 3.05) is 12.0 Å². The Morgan fingerprint density at radius 1 is 1.25 bits per heavy atom. The van der Waals surface area contributed by atoms with E-state index in [4.69, 9.17) is 26.9 Å². The van der Waals surface area contributed by atoms with Crippen molar-refractivity contribution in [1.82, 2.24) is 15.0 Å². The summed E-state index contributed by atoms with van der Waals surface area (Å²) in [6.45, 7) is 4.16. The molecule has 0 aliphatic heterocycles. The standard InChI is InChI=1S/C12H14ClN5O2/c1-3-19-11-15-10(18-14)16-12(17-11)20-9-5-4-7(2)6-8(9)13/h4-6H,3,14H2,1-2H3,(H,15,16,17,18). The Labute approximate surface area is 121 Å². The molecule has 0 bridgehead atoms. The number of benzene rings is 1. The highest BCUT2D eigenvalue weighted by atomic mass is 35.5. The van der Waals surface area contributed by atoms with Crippen molar-refractivity contribution in [2.45, 2.75) is 13.8 Å². The third-order valence-corrected chi connectivity index (χ3v) is 2.58. The summed E-state index contributed by atoms with van der Waals surface area (Å²) in [5.41, 5.74) is 3.35. The fraction of sp³-hybridized carbons (Fsp3) is 0.250. The molecule has 7 nitrogen and oxygen atoms in total. The van der Waals surface area contributed by atoms with E-state index in [2.05, 4.69) is 20.4 Å². The lowest BCUT2D eigenvalue weighted by Crippen LogP contribution is -2.12. The highest BCUT2D eigenvalue weighted by Gasteiger charge is 2.10. The van der Waals surface area contributed by atoms with Crippen molar-refractivity contribution >= 4 is 17.5 Å². The third-order valence-electron chi connectivity index (χ3n) is 2.29. The monoisotopic (exact) mass is 295 g/mol. The molecule has 2 rings (SSSR count). The maximum absolute atomic E-state index is 6.09. The second kappa shape index (κ2) is 6.36. The van der Waals surface area contributed by atoms with Crippen molar-refractivity contribution in [1.29, 1.82) is 0 Å². The SMILES string of the molecule is CCOc1nc(NN)nc(Oc2ccc(C)cc2Cl)n1. The van der Waals surface area contributed by atoms with Crippen LogP contribution in [0.2, 0.25) is 5.02 Å². The molecule has 0 aliphatic carbocycles. The Kier molecular flexibility index (Phi) is 4.54. The Balaban J connectivity index is 2.29. The van der Waals surface area contributed by atoms with Crippen molar-refractivity contribution in [3.8, 4) is 17.8 Å². The van der Waals surface area contributed by atoms with Crippen LogP contribution in [0.1, 0.15) is 12.5 Å². The lowest BCUT2D eigenvalue weighted by Gasteiger charge is -2.09. The molecule has 3 N–H and O–H groups in total. The first kappa shape index (κ1) is 14.3. The molecule has 0 radical (unpaired) electrons. The fourth-order valence-corrected chi connectivity index (χ4v) is 1.70. The van der Waals surface area contributed by atoms with Gasteiger partial charge in [-0.25, -0.2) is 5.84 Å². The Morgan fingerprint density at radius 2 is 2.00 bits per heavy atom. The van der Waals surface area contributed by atoms with Crippen LogP contribution >= 0.6 is 11.6 Å². The van der Waals surface area contributed by atoms with Gasteiger partial charge in [0, 0.05) is 0 Å². The van der Waals surface area contributed by atoms with Crippen LogP contribution in [0.25, 0.3) is 0 Å². The zero-order valence-electron chi connectivity index (χ0n) is 11.1. The van der Waals surface area contributed by atoms with Crippen LogP contribution in [-0.2, 0) is 0 Å². The number of nitrogen functional groups attached to an aromatic ring is 1. The number of hydrazine groups is 1. The quantitative estimate of drug-likeness (QED) is 0.645. The molecule has 0 unspecified atom stereocenters. The number of nitrogens with two attached hydrogens (primary N) is 1. The largest absolute Gasteiger partial charge is 0.464 e. The van der Waals surface area contributed by atoms with Gasteiger partial charge < -0.3 is 9.47 Å². The highest BCUT2D eigenvalue weighted by molar-refractivity contribution is 6.32. The molecule has 0 amide bonds. The third kappa shape index (κ3) is 3.46. The van der Waals surface area contributed by atoms with E-state index in [0.717, 1.165) is 5.56 Å². The van der Waals surface area contributed by atoms with Crippen LogP contribution < -0.4 is 20.7 Å². The molecule has 20 heavy (non-hydrogen) atoms. The van der Waals surface area contributed by atoms with Crippen LogP contribution in [0.3, 0.4) is 0 Å². The number of anilines is 1. The second-order valence-corrected chi connectivity index (χ2v) is 4.24. The zero-order valence-corrected chi connectivity index (χ0v) is 11.8. The Morgan fingerprint density at radius 3 is 2.65 bits per heavy atom. The topological polar surface area (TPSA) is 95.2 Å². The molecule has 1 aromatic heterocycles. The van der Waals surface area contributed by atoms with Gasteiger partial charge >= 0.3 is 12.0 Å². The van der Waals surface area contributed by atoms with E-state index >= 15 is 0 Å². The molecule has 1 aromatic carbocycles. The number of rotatable bonds is 5. The number of ether oxygens (including phenoxy) is 2. The van der Waals surface area contributed by atoms with Crippen LogP contribution in [0, 0.1) is 6.92 Å². The Bertz CT molecular complexity index is 608. The molecule has 0 aliphatic rings. The van der Waals surface area contributed by atoms with Gasteiger partial charge in [-0.15, -0.1) is 4.98 Å². The summed E-state index contributed by atoms with van der Waals surface area (Å²) < 4.78 is 10.7. The maximum atomic E-state index is 6.09. The molecule has 0 saturated heterocycles. The smallest absolute Gasteiger partial charge is 0.330 e. The van der Waals surface area contributed by atoms with Gasteiger partial charge in [0.25, 0.3) is 0 Å². The minimum Gasteiger partial charge on any atom is -0.464 e. The number of nitrogens with zero attached hydrogens (tertiary/aromatic N) is 3. The molecular weight excluding hydrogens is 282 g/mol. The van der Waals surface area contributed by atoms with Gasteiger partial charge in [-0.3, -0.25) is 5.43 Å². The summed E-state index contributed by atoms with van der Waals surface area (Å²) in [5.74, 6) is 5.87. The van der Waals surface area contributed by atoms with Crippen molar-refractivity contribution in [2.24, 2.45) is 5.84 Å². The predicted molar refractivity (Wildman–Crippen MR) is 75.1 cm³/mol. The first-order valence-corrected chi connectivity index (χ1v) is 6.29. The second-order valence-electron chi connectivity index (χ2n) is 3.84. The minimum atomic E-state index is 0.0437. The first-order valence-electron chi connectivity index (χ1n) is 5.92. The highest BCUT2D eigenvalue weighted by Crippen LogP contribution is 2.29. The lowest BCUT2D eigenvalue weighted by molar-refractivity contribution is 0.304. The van der Waals surface area contributed by atoms with Crippen molar-refractivity contribution in [3.05, 3.63) is 28.8 Å². The summed E-state index contributed by atoms with van der Waals surface area (Å²) >= 11 is 6.09. The number of halogens is 1. The van der Waals surface area contributed by atoms with E-state index in [0.29, 0.717) is 17.4 Å². The van der Waals surface area contributed by atoms with Gasteiger partial charge in [0.05, 0.1) is 11.6 Å². The number of aromatic nitrogens is 3. The van der Waals surface area contributed by atoms with E-state index in [1.165, 1.54) is 0 Å². The average molecular weight is 296 g/mol. The van der Waals surface area contributed by atoms with Gasteiger partial charge in [0.1, 0.15) is 5.75 Å². The van der Waals surface area contributed by atoms with Gasteiger partial charge in [-0.05, 0) is 31.5 Å². The Hall–Kier alpha value is -2.12. The number of aryl methyl sites for hydroxylation is 1. The minimum absolute atomic E-state index is 0.0437. The summed E-state index contributed by atoms with van der Waals surface area (Å²) in [6, 6.07) is 5.55. The first-order chi connectivity index (χ1) is 9.62. The molecular formula is C12H14ClN5O2. The average Bonchev–Trinajstić information content (AvgIpc) is 2.42. The lowest BCUT2D eigenvalue weighted by atomic mass is 10.2. The van der Waals surface area contributed by atoms with Crippen molar-refractivity contribution < 1.29 is 9.47 Å². The maximum Gasteiger partial charge on any atom is 0.330 e. The molecule has 8 heteroatoms. The fourth-order valence-electron chi connectivity index (χ4n) is 1.43. The normalized spacial score (nSPS) is 10.2. The van der Waals surface area contributed by atoms with Gasteiger partial charge in [0.15, 0.2) is 0 Å². The van der Waals surface area contributed by atoms with E-state index in [-0.39, 0.29) is 18.0 Å². The number of hydrogen-bond acceptors (Lipinski definition) is 7. The van der Waals surface area contributed by atoms with Crippen LogP contribution in [0.15, 0.2) is 18.2 Å². The molecule has 0 spiro atoms. The summed E-state index contributed by atoms with van der Waals surface area (Å²) in [5, 5.41) is 0.464. The van der Waals surface area contributed by atoms with Crippen LogP contribution in [-0.4, -0.2) is 21.6 Å². The molecule has 1 heterocycles. The summed E-state index contributed by atoms with van der Waals surface area (Å²) in [4.78, 5) is 11.9. The molecule has 0 atom stereocenters. The predicted octanol–water partition coefficient (Wildman–Crippen LogP) is 2.31. The van der Waals surface area contributed by atoms with Crippen molar-refractivity contribution in [3.63, 3.8) is 0 Å². The summed E-state index contributed by atoms with van der Waals surface area (Å²) in [6.07, 6.45) is 0. The van der Waals surface area contributed by atoms with E-state index in [9.17, 15) is 0 Å². The van der Waals surface area contributed by atoms with Crippen LogP contribution in [0.5, 0.6) is 17.8 Å². The van der Waals surface area contributed by atoms with Gasteiger partial charge in [0.2, 0.25) is 5.95 Å². The van der Waals surface area contributed by atoms with Gasteiger partial charge in [-0.1, -0.05) is 17.7 Å². The van der Waals surface area contributed by atoms with E-state index in [1.807, 2.05) is 19.9 Å². The number of hydrogen-bond donors (Lipinski definition) is 2. The van der Waals surface area contributed by atoms with E-state index in [1.54, 1.807) is 12.1 Å². The van der Waals surface area contributed by atoms with E-state index < -0.39 is 0 Å². The van der Waals surface area contributed by atoms with Crippen LogP contribution in [0.4, 0.5) is 5.95 Å². The molecule has 0 fully saturated rings. The number of nitrogens with one attached hydrogen (secondary N) is 1.